The first-order valence-corrected chi connectivity index (χ1v) is 8.83. The van der Waals surface area contributed by atoms with Gasteiger partial charge in [0.15, 0.2) is 11.5 Å². The number of rotatable bonds is 6. The Morgan fingerprint density at radius 1 is 1.14 bits per heavy atom. The maximum Gasteiger partial charge on any atom is 0.228 e. The van der Waals surface area contributed by atoms with Crippen molar-refractivity contribution in [2.45, 2.75) is 6.42 Å². The van der Waals surface area contributed by atoms with E-state index in [1.54, 1.807) is 36.4 Å². The lowest BCUT2D eigenvalue weighted by molar-refractivity contribution is -0.991. The molecular formula is C18H15Cl2N5O3. The Hall–Kier alpha value is -2.75. The molecule has 4 N–H and O–H groups in total. The number of aromatic nitrogens is 2. The second kappa shape index (κ2) is 8.96. The van der Waals surface area contributed by atoms with Crippen LogP contribution in [0.1, 0.15) is 5.56 Å². The number of quaternary nitrogens is 1. The van der Waals surface area contributed by atoms with Crippen molar-refractivity contribution in [3.05, 3.63) is 75.8 Å². The molecule has 1 unspecified atom stereocenters. The molecule has 3 aromatic rings. The molecule has 0 aliphatic heterocycles. The number of halogens is 2. The first-order valence-electron chi connectivity index (χ1n) is 8.08. The normalized spacial score (nSPS) is 11.7. The zero-order valence-corrected chi connectivity index (χ0v) is 15.8. The largest absolute Gasteiger partial charge is 0.595 e. The lowest BCUT2D eigenvalue weighted by Gasteiger charge is -2.13. The van der Waals surface area contributed by atoms with Gasteiger partial charge in [-0.25, -0.2) is 10.2 Å². The summed E-state index contributed by atoms with van der Waals surface area (Å²) in [5.74, 6) is 0.0680. The second-order valence-corrected chi connectivity index (χ2v) is 6.52. The summed E-state index contributed by atoms with van der Waals surface area (Å²) >= 11 is 11.8. The van der Waals surface area contributed by atoms with Gasteiger partial charge in [-0.3, -0.25) is 4.79 Å². The van der Waals surface area contributed by atoms with E-state index in [1.165, 1.54) is 18.3 Å². The highest BCUT2D eigenvalue weighted by Gasteiger charge is 2.09. The average Bonchev–Trinajstić information content (AvgIpc) is 2.65. The molecule has 0 aliphatic rings. The molecule has 1 heterocycles. The smallest absolute Gasteiger partial charge is 0.228 e. The number of anilines is 3. The van der Waals surface area contributed by atoms with E-state index in [2.05, 4.69) is 20.6 Å². The number of benzene rings is 2. The van der Waals surface area contributed by atoms with E-state index >= 15 is 0 Å². The van der Waals surface area contributed by atoms with E-state index in [1.807, 2.05) is 0 Å². The maximum atomic E-state index is 12.3. The zero-order chi connectivity index (χ0) is 20.1. The van der Waals surface area contributed by atoms with Crippen molar-refractivity contribution in [3.8, 4) is 0 Å². The van der Waals surface area contributed by atoms with E-state index in [-0.39, 0.29) is 23.3 Å². The zero-order valence-electron chi connectivity index (χ0n) is 14.3. The molecule has 2 aromatic carbocycles. The first-order chi connectivity index (χ1) is 13.4. The van der Waals surface area contributed by atoms with Crippen LogP contribution in [0.15, 0.2) is 54.7 Å². The molecular weight excluding hydrogens is 405 g/mol. The molecule has 8 nitrogen and oxygen atoms in total. The number of hydrogen-bond donors (Lipinski definition) is 4. The van der Waals surface area contributed by atoms with Crippen LogP contribution in [0.4, 0.5) is 22.9 Å². The van der Waals surface area contributed by atoms with Crippen LogP contribution in [0.5, 0.6) is 0 Å². The summed E-state index contributed by atoms with van der Waals surface area (Å²) < 4.78 is 0. The van der Waals surface area contributed by atoms with Gasteiger partial charge < -0.3 is 15.8 Å². The molecule has 3 rings (SSSR count). The molecule has 0 bridgehead atoms. The Kier molecular flexibility index (Phi) is 6.40. The van der Waals surface area contributed by atoms with Crippen LogP contribution in [0.25, 0.3) is 0 Å². The van der Waals surface area contributed by atoms with Crippen LogP contribution in [-0.4, -0.2) is 21.1 Å². The Morgan fingerprint density at radius 2 is 1.89 bits per heavy atom. The Balaban J connectivity index is 1.68. The molecule has 0 radical (unpaired) electrons. The van der Waals surface area contributed by atoms with Crippen molar-refractivity contribution in [2.24, 2.45) is 0 Å². The van der Waals surface area contributed by atoms with Gasteiger partial charge in [0, 0.05) is 23.5 Å². The molecule has 0 fully saturated rings. The fourth-order valence-electron chi connectivity index (χ4n) is 2.45. The quantitative estimate of drug-likeness (QED) is 0.360. The number of nitrogens with zero attached hydrogens (tertiary/aromatic N) is 2. The third-order valence-electron chi connectivity index (χ3n) is 3.66. The van der Waals surface area contributed by atoms with Gasteiger partial charge in [0.2, 0.25) is 11.2 Å². The van der Waals surface area contributed by atoms with Gasteiger partial charge in [0.25, 0.3) is 0 Å². The summed E-state index contributed by atoms with van der Waals surface area (Å²) in [6.45, 7) is 0. The summed E-state index contributed by atoms with van der Waals surface area (Å²) in [6, 6.07) is 13.2. The first kappa shape index (κ1) is 20.0. The maximum absolute atomic E-state index is 12.3. The average molecular weight is 420 g/mol. The lowest BCUT2D eigenvalue weighted by Crippen LogP contribution is -2.99. The van der Waals surface area contributed by atoms with E-state index < -0.39 is 5.23 Å². The van der Waals surface area contributed by atoms with Crippen LogP contribution in [0, 0.1) is 5.21 Å². The molecule has 1 aromatic heterocycles. The minimum atomic E-state index is -1.04. The number of amides is 1. The summed E-state index contributed by atoms with van der Waals surface area (Å²) in [6.07, 6.45) is 1.43. The van der Waals surface area contributed by atoms with E-state index in [9.17, 15) is 10.0 Å². The fraction of sp³-hybridized carbons (Fsp3) is 0.0556. The number of carbonyl (C=O) groups is 1. The summed E-state index contributed by atoms with van der Waals surface area (Å²) in [5.41, 5.74) is 1.94. The van der Waals surface area contributed by atoms with Crippen LogP contribution in [0.3, 0.4) is 0 Å². The van der Waals surface area contributed by atoms with Crippen molar-refractivity contribution >= 4 is 52.0 Å². The van der Waals surface area contributed by atoms with E-state index in [4.69, 9.17) is 28.4 Å². The molecule has 0 aliphatic carbocycles. The molecule has 0 saturated carbocycles. The Bertz CT molecular complexity index is 1000. The third-order valence-corrected chi connectivity index (χ3v) is 4.12. The van der Waals surface area contributed by atoms with Crippen LogP contribution in [-0.2, 0) is 11.2 Å². The number of nitrogens with one attached hydrogen (secondary N) is 3. The number of hydrogen-bond acceptors (Lipinski definition) is 6. The predicted octanol–water partition coefficient (Wildman–Crippen LogP) is 3.11. The van der Waals surface area contributed by atoms with Crippen molar-refractivity contribution in [2.75, 3.05) is 10.6 Å². The topological polar surface area (TPSA) is 115 Å². The van der Waals surface area contributed by atoms with Crippen LogP contribution < -0.4 is 15.9 Å². The molecule has 0 spiro atoms. The lowest BCUT2D eigenvalue weighted by atomic mass is 10.1. The van der Waals surface area contributed by atoms with Gasteiger partial charge >= 0.3 is 0 Å². The minimum Gasteiger partial charge on any atom is -0.595 e. The molecule has 1 atom stereocenters. The SMILES string of the molecule is O=C(Cc1cccc([NH+]([O-])O)c1)Nc1cccc(Nc2nc(Cl)ncc2Cl)c1. The summed E-state index contributed by atoms with van der Waals surface area (Å²) in [5, 5.41) is 25.2. The van der Waals surface area contributed by atoms with Crippen molar-refractivity contribution in [3.63, 3.8) is 0 Å². The van der Waals surface area contributed by atoms with Gasteiger partial charge in [-0.15, -0.1) is 0 Å². The highest BCUT2D eigenvalue weighted by atomic mass is 35.5. The van der Waals surface area contributed by atoms with Gasteiger partial charge in [-0.2, -0.15) is 10.2 Å². The van der Waals surface area contributed by atoms with Crippen LogP contribution >= 0.6 is 23.2 Å². The summed E-state index contributed by atoms with van der Waals surface area (Å²) in [4.78, 5) is 20.1. The van der Waals surface area contributed by atoms with Gasteiger partial charge in [0.05, 0.1) is 12.6 Å². The summed E-state index contributed by atoms with van der Waals surface area (Å²) in [7, 11) is 0. The van der Waals surface area contributed by atoms with E-state index in [0.29, 0.717) is 27.8 Å². The highest BCUT2D eigenvalue weighted by Crippen LogP contribution is 2.25. The Morgan fingerprint density at radius 3 is 2.68 bits per heavy atom. The van der Waals surface area contributed by atoms with Crippen molar-refractivity contribution < 1.29 is 15.2 Å². The molecule has 10 heteroatoms. The van der Waals surface area contributed by atoms with E-state index in [0.717, 1.165) is 0 Å². The second-order valence-electron chi connectivity index (χ2n) is 5.77. The third kappa shape index (κ3) is 5.38. The predicted molar refractivity (Wildman–Crippen MR) is 106 cm³/mol. The van der Waals surface area contributed by atoms with Gasteiger partial charge in [-0.05, 0) is 35.4 Å². The van der Waals surface area contributed by atoms with Gasteiger partial charge in [0.1, 0.15) is 5.02 Å². The molecule has 144 valence electrons. The fourth-order valence-corrected chi connectivity index (χ4v) is 2.72. The van der Waals surface area contributed by atoms with Crippen molar-refractivity contribution in [1.82, 2.24) is 9.97 Å². The number of carbonyl (C=O) groups excluding carboxylic acids is 1. The van der Waals surface area contributed by atoms with Gasteiger partial charge in [-0.1, -0.05) is 29.8 Å². The Labute approximate surface area is 170 Å². The minimum absolute atomic E-state index is 0.0477. The monoisotopic (exact) mass is 419 g/mol. The highest BCUT2D eigenvalue weighted by molar-refractivity contribution is 6.33. The van der Waals surface area contributed by atoms with Crippen molar-refractivity contribution in [1.29, 1.82) is 0 Å². The van der Waals surface area contributed by atoms with Crippen LogP contribution in [0.2, 0.25) is 10.3 Å². The molecule has 0 saturated heterocycles. The molecule has 28 heavy (non-hydrogen) atoms. The molecule has 1 amide bonds. The standard InChI is InChI=1S/C18H15Cl2N5O3/c19-15-10-21-18(20)24-17(15)23-13-5-2-4-12(9-13)22-16(26)8-11-3-1-6-14(7-11)25(27)28/h1-7,9-10,25,27H,8H2,(H,22,26)(H,21,23,24).